The number of ether oxygens (including phenoxy) is 2. The number of anilines is 1. The van der Waals surface area contributed by atoms with Gasteiger partial charge in [0.25, 0.3) is 11.8 Å². The van der Waals surface area contributed by atoms with Gasteiger partial charge < -0.3 is 80.5 Å². The minimum absolute atomic E-state index is 0.0305. The molecule has 30 nitrogen and oxygen atoms in total. The fourth-order valence-electron chi connectivity index (χ4n) is 12.0. The molecular weight excluding hydrogens is 1220 g/mol. The molecule has 0 aromatic heterocycles. The number of nitrogens with two attached hydrogens (primary N) is 1. The Morgan fingerprint density at radius 2 is 1.29 bits per heavy atom. The van der Waals surface area contributed by atoms with E-state index in [2.05, 4.69) is 21.3 Å². The first kappa shape index (κ1) is 70.9. The number of esters is 2. The Morgan fingerprint density at radius 1 is 0.728 bits per heavy atom. The van der Waals surface area contributed by atoms with Gasteiger partial charge in [0, 0.05) is 52.8 Å². The van der Waals surface area contributed by atoms with Crippen molar-refractivity contribution in [2.75, 3.05) is 59.4 Å². The lowest BCUT2D eigenvalue weighted by atomic mass is 9.98. The molecule has 502 valence electrons. The average Bonchev–Trinajstić information content (AvgIpc) is 0.937. The second-order valence-corrected chi connectivity index (χ2v) is 25.7. The molecule has 31 heteroatoms. The number of aliphatic hydroxyl groups excluding tert-OH is 2. The number of hydrogen-bond donors (Lipinski definition) is 7. The van der Waals surface area contributed by atoms with E-state index >= 15 is 9.59 Å². The van der Waals surface area contributed by atoms with Gasteiger partial charge in [-0.1, -0.05) is 47.6 Å². The van der Waals surface area contributed by atoms with Crippen molar-refractivity contribution >= 4 is 99.4 Å². The Labute approximate surface area is 535 Å². The number of aliphatic hydroxyl groups is 2. The number of benzene rings is 2. The first-order valence-electron chi connectivity index (χ1n) is 30.3. The van der Waals surface area contributed by atoms with Crippen LogP contribution in [0.4, 0.5) is 5.69 Å². The molecule has 0 saturated carbocycles. The fraction of sp³-hybridized carbons (Fsp3) is 0.607. The zero-order valence-electron chi connectivity index (χ0n) is 54.1. The Kier molecular flexibility index (Phi) is 21.7. The topological polar surface area (TPSA) is 400 Å². The van der Waals surface area contributed by atoms with E-state index in [0.29, 0.717) is 5.56 Å². The molecule has 92 heavy (non-hydrogen) atoms. The maximum Gasteiger partial charge on any atom is 0.329 e. The van der Waals surface area contributed by atoms with Gasteiger partial charge in [0.1, 0.15) is 71.8 Å². The third-order valence-electron chi connectivity index (χ3n) is 17.6. The molecule has 5 heterocycles. The van der Waals surface area contributed by atoms with Crippen LogP contribution >= 0.6 is 11.6 Å². The number of hydrogen-bond acceptors (Lipinski definition) is 20. The average molecular weight is 1310 g/mol. The summed E-state index contributed by atoms with van der Waals surface area (Å²) in [5, 5.41) is 32.4. The lowest BCUT2D eigenvalue weighted by Gasteiger charge is -2.37. The lowest BCUT2D eigenvalue weighted by Crippen LogP contribution is -2.62. The van der Waals surface area contributed by atoms with Crippen molar-refractivity contribution in [2.45, 2.75) is 168 Å². The van der Waals surface area contributed by atoms with E-state index in [1.807, 2.05) is 0 Å². The van der Waals surface area contributed by atoms with Crippen LogP contribution in [0.3, 0.4) is 0 Å². The highest BCUT2D eigenvalue weighted by atomic mass is 35.5. The molecule has 0 bridgehead atoms. The monoisotopic (exact) mass is 1310 g/mol. The Bertz CT molecular complexity index is 3510. The number of nitrogen functional groups attached to an aromatic ring is 1. The van der Waals surface area contributed by atoms with Crippen LogP contribution in [0.25, 0.3) is 22.6 Å². The number of fused-ring (bicyclic) bond motifs is 4. The summed E-state index contributed by atoms with van der Waals surface area (Å²) in [5.74, 6) is -14.5. The molecule has 0 spiro atoms. The van der Waals surface area contributed by atoms with Gasteiger partial charge in [-0.25, -0.2) is 14.6 Å². The molecule has 8 N–H and O–H groups in total. The largest absolute Gasteiger partial charge is 0.458 e. The van der Waals surface area contributed by atoms with Crippen LogP contribution < -0.4 is 32.4 Å². The van der Waals surface area contributed by atoms with Crippen molar-refractivity contribution in [3.63, 3.8) is 0 Å². The van der Waals surface area contributed by atoms with E-state index in [0.717, 1.165) is 24.5 Å². The zero-order chi connectivity index (χ0) is 68.7. The predicted octanol–water partition coefficient (Wildman–Crippen LogP) is -1.36. The van der Waals surface area contributed by atoms with Crippen LogP contribution in [-0.4, -0.2) is 248 Å². The number of amides is 10. The second-order valence-electron chi connectivity index (χ2n) is 25.4. The van der Waals surface area contributed by atoms with E-state index in [9.17, 15) is 63.0 Å². The third-order valence-corrected chi connectivity index (χ3v) is 17.9. The maximum absolute atomic E-state index is 15.2. The number of likely N-dealkylation sites (N-methyl/N-ethyl adjacent to an activating group) is 4. The van der Waals surface area contributed by atoms with Crippen LogP contribution in [-0.2, 0) is 57.4 Å². The second kappa shape index (κ2) is 28.2. The van der Waals surface area contributed by atoms with E-state index in [4.69, 9.17) is 36.2 Å². The smallest absolute Gasteiger partial charge is 0.329 e. The number of aryl methyl sites for hydroxylation is 1. The quantitative estimate of drug-likeness (QED) is 0.0593. The number of cyclic esters (lactones) is 2. The molecule has 13 unspecified atom stereocenters. The van der Waals surface area contributed by atoms with Crippen molar-refractivity contribution in [3.8, 4) is 11.5 Å². The number of aromatic nitrogens is 1. The number of rotatable bonds is 8. The lowest BCUT2D eigenvalue weighted by molar-refractivity contribution is -0.163. The minimum atomic E-state index is -2.06. The van der Waals surface area contributed by atoms with Gasteiger partial charge in [-0.15, -0.1) is 11.6 Å². The number of alkyl halides is 1. The van der Waals surface area contributed by atoms with E-state index < -0.39 is 209 Å². The van der Waals surface area contributed by atoms with E-state index in [-0.39, 0.29) is 47.4 Å². The van der Waals surface area contributed by atoms with E-state index in [1.165, 1.54) is 66.0 Å². The summed E-state index contributed by atoms with van der Waals surface area (Å²) in [6, 6.07) is -10.3. The van der Waals surface area contributed by atoms with Gasteiger partial charge in [-0.05, 0) is 70.4 Å². The van der Waals surface area contributed by atoms with Crippen molar-refractivity contribution in [3.05, 3.63) is 44.6 Å². The highest BCUT2D eigenvalue weighted by Crippen LogP contribution is 2.36. The molecule has 4 saturated heterocycles. The molecule has 7 rings (SSSR count). The zero-order valence-corrected chi connectivity index (χ0v) is 54.9. The molecule has 1 aromatic rings. The van der Waals surface area contributed by atoms with Crippen LogP contribution in [0.5, 0.6) is 0 Å². The maximum atomic E-state index is 15.2. The molecule has 1 aromatic carbocycles. The molecule has 1 aliphatic carbocycles. The standard InChI is InChI=1S/C61H83ClN12O18/c1-24(2)41-57(85)73-21-32(75)19-34(73)56(84)69(12)22-37(77)71(14)30(10)60(88)91-36(20-62)45(55(83)65-41)68-53(81)39-40(63)49(79)29(9)51-46(39)64-44-33(17-16-27(7)50(44)92-51)52(80)67-43-31(11)90-61(89)47(26(5)6)72(15)38(78)23-70(13)59(87)48-35(76)18-28(8)74(48)58(86)42(25(3)4)66-54(43)82/h16-17,24-26,28,30-32,34-36,41-43,45,47-48,75-76H,18-23,63H2,1-15H3,(H,65,83)(H,66,82)(H,67,80)(H,68,81). The summed E-state index contributed by atoms with van der Waals surface area (Å²) in [5.41, 5.74) is 2.97. The highest BCUT2D eigenvalue weighted by molar-refractivity contribution is 6.19. The molecule has 13 atom stereocenters. The Balaban J connectivity index is 1.33. The molecule has 0 radical (unpaired) electrons. The normalized spacial score (nSPS) is 28.3. The number of carbonyl (C=O) groups is 12. The third kappa shape index (κ3) is 14.0. The summed E-state index contributed by atoms with van der Waals surface area (Å²) in [7, 11) is 5.20. The number of halogens is 1. The van der Waals surface area contributed by atoms with Crippen LogP contribution in [0, 0.1) is 31.6 Å². The Morgan fingerprint density at radius 3 is 1.88 bits per heavy atom. The predicted molar refractivity (Wildman–Crippen MR) is 329 cm³/mol. The molecular formula is C61H83ClN12O18. The number of carbonyl (C=O) groups excluding carboxylic acids is 12. The van der Waals surface area contributed by atoms with Crippen molar-refractivity contribution in [2.24, 2.45) is 17.8 Å². The van der Waals surface area contributed by atoms with Gasteiger partial charge in [-0.2, -0.15) is 0 Å². The van der Waals surface area contributed by atoms with Gasteiger partial charge in [0.2, 0.25) is 52.7 Å². The van der Waals surface area contributed by atoms with Crippen molar-refractivity contribution in [1.29, 1.82) is 0 Å². The van der Waals surface area contributed by atoms with E-state index in [1.54, 1.807) is 55.4 Å². The summed E-state index contributed by atoms with van der Waals surface area (Å²) in [6.45, 7) is 15.2. The molecule has 4 fully saturated rings. The van der Waals surface area contributed by atoms with Crippen LogP contribution in [0.1, 0.15) is 107 Å². The summed E-state index contributed by atoms with van der Waals surface area (Å²) >= 11 is 6.48. The summed E-state index contributed by atoms with van der Waals surface area (Å²) in [4.78, 5) is 198. The number of nitrogens with one attached hydrogen (secondary N) is 4. The number of nitrogens with zero attached hydrogens (tertiary/aromatic N) is 7. The molecule has 5 aliphatic heterocycles. The van der Waals surface area contributed by atoms with Gasteiger partial charge >= 0.3 is 11.9 Å². The molecule has 10 amide bonds. The summed E-state index contributed by atoms with van der Waals surface area (Å²) in [6.07, 6.45) is -6.18. The van der Waals surface area contributed by atoms with Crippen molar-refractivity contribution < 1.29 is 81.6 Å². The first-order chi connectivity index (χ1) is 42.9. The fourth-order valence-corrected chi connectivity index (χ4v) is 12.3. The minimum Gasteiger partial charge on any atom is -0.458 e. The van der Waals surface area contributed by atoms with Gasteiger partial charge in [-0.3, -0.25) is 52.7 Å². The molecule has 6 aliphatic rings. The first-order valence-corrected chi connectivity index (χ1v) is 30.8. The van der Waals surface area contributed by atoms with Gasteiger partial charge in [0.05, 0.1) is 48.0 Å². The van der Waals surface area contributed by atoms with Crippen LogP contribution in [0.2, 0.25) is 0 Å². The SMILES string of the molecule is Cc1c2oc3c(C)ccc(C(=O)NC4C(=O)NC(C(C)C)C(=O)N5C(C)CC(O)C5C(=O)N(C)CC(=O)N(C)C(C(C)C)C(=O)OC4C)c3nc-2c(C(=O)NC2C(=O)NC(C(C)C)C(=O)N3CC(O)CC3C(=O)N(C)CC(=O)N(C)C(C)C(=O)OC2CCl)c(N)c1=O. The highest BCUT2D eigenvalue weighted by Gasteiger charge is 2.51. The summed E-state index contributed by atoms with van der Waals surface area (Å²) < 4.78 is 18.1. The Hall–Kier alpha value is -8.51. The van der Waals surface area contributed by atoms with Crippen LogP contribution in [0.15, 0.2) is 21.3 Å². The van der Waals surface area contributed by atoms with Crippen molar-refractivity contribution in [1.82, 2.24) is 55.7 Å². The van der Waals surface area contributed by atoms with Gasteiger partial charge in [0.15, 0.2) is 11.3 Å².